The van der Waals surface area contributed by atoms with Crippen LogP contribution < -0.4 is 0 Å². The normalized spacial score (nSPS) is 15.8. The van der Waals surface area contributed by atoms with Gasteiger partial charge in [-0.25, -0.2) is 0 Å². The summed E-state index contributed by atoms with van der Waals surface area (Å²) in [5.41, 5.74) is 1.63. The van der Waals surface area contributed by atoms with Crippen LogP contribution in [-0.4, -0.2) is 72.2 Å². The van der Waals surface area contributed by atoms with Gasteiger partial charge in [-0.15, -0.1) is 16.4 Å². The Bertz CT molecular complexity index is 1150. The molecule has 4 aromatic rings. The molecule has 158 valence electrons. The molecule has 0 N–H and O–H groups in total. The number of carbonyl (C=O) groups excluding carboxylic acids is 1. The number of tetrazole rings is 1. The van der Waals surface area contributed by atoms with Crippen molar-refractivity contribution in [3.63, 3.8) is 0 Å². The van der Waals surface area contributed by atoms with Crippen LogP contribution in [0.1, 0.15) is 28.5 Å². The van der Waals surface area contributed by atoms with Gasteiger partial charge in [-0.05, 0) is 28.8 Å². The first-order valence-corrected chi connectivity index (χ1v) is 10.8. The third kappa shape index (κ3) is 3.84. The number of carbonyl (C=O) groups is 1. The van der Waals surface area contributed by atoms with E-state index >= 15 is 0 Å². The van der Waals surface area contributed by atoms with Crippen LogP contribution in [0.2, 0.25) is 0 Å². The average molecular weight is 437 g/mol. The topological polar surface area (TPSA) is 106 Å². The Balaban J connectivity index is 1.23. The molecule has 0 spiro atoms. The number of benzene rings is 1. The van der Waals surface area contributed by atoms with Gasteiger partial charge in [0, 0.05) is 31.7 Å². The standard InChI is InChI=1S/C20H20N8O2S/c1-14(19-22-18(23-30-19)15-5-3-2-4-6-15)26-8-10-27(11-9-26)20(29)17-16(7-12-31-17)28-13-21-24-25-28/h2-7,12-14H,8-11H2,1H3. The van der Waals surface area contributed by atoms with Crippen LogP contribution in [0.4, 0.5) is 0 Å². The van der Waals surface area contributed by atoms with E-state index < -0.39 is 0 Å². The van der Waals surface area contributed by atoms with E-state index in [0.29, 0.717) is 35.4 Å². The second-order valence-corrected chi connectivity index (χ2v) is 8.13. The molecule has 1 atom stereocenters. The molecule has 31 heavy (non-hydrogen) atoms. The first-order valence-electron chi connectivity index (χ1n) is 9.94. The summed E-state index contributed by atoms with van der Waals surface area (Å²) in [6.45, 7) is 4.74. The summed E-state index contributed by atoms with van der Waals surface area (Å²) >= 11 is 1.40. The van der Waals surface area contributed by atoms with Crippen LogP contribution >= 0.6 is 11.3 Å². The monoisotopic (exact) mass is 436 g/mol. The molecule has 1 amide bonds. The minimum absolute atomic E-state index is 0.00282. The fourth-order valence-corrected chi connectivity index (χ4v) is 4.48. The number of thiophene rings is 1. The summed E-state index contributed by atoms with van der Waals surface area (Å²) in [5.74, 6) is 1.17. The highest BCUT2D eigenvalue weighted by molar-refractivity contribution is 7.12. The summed E-state index contributed by atoms with van der Waals surface area (Å²) in [7, 11) is 0. The van der Waals surface area contributed by atoms with Gasteiger partial charge in [0.15, 0.2) is 0 Å². The first-order chi connectivity index (χ1) is 15.2. The molecule has 1 aliphatic rings. The minimum Gasteiger partial charge on any atom is -0.337 e. The summed E-state index contributed by atoms with van der Waals surface area (Å²) in [5, 5.41) is 17.2. The summed E-state index contributed by atoms with van der Waals surface area (Å²) in [6.07, 6.45) is 1.49. The molecular formula is C20H20N8O2S. The number of rotatable bonds is 5. The van der Waals surface area contributed by atoms with E-state index in [0.717, 1.165) is 18.7 Å². The predicted molar refractivity (Wildman–Crippen MR) is 113 cm³/mol. The van der Waals surface area contributed by atoms with Gasteiger partial charge in [0.1, 0.15) is 11.2 Å². The van der Waals surface area contributed by atoms with Gasteiger partial charge in [-0.3, -0.25) is 9.69 Å². The molecule has 10 nitrogen and oxygen atoms in total. The second kappa shape index (κ2) is 8.36. The number of nitrogens with zero attached hydrogens (tertiary/aromatic N) is 8. The molecule has 0 bridgehead atoms. The van der Waals surface area contributed by atoms with Crippen molar-refractivity contribution in [2.24, 2.45) is 0 Å². The maximum Gasteiger partial charge on any atom is 0.266 e. The van der Waals surface area contributed by atoms with E-state index in [1.165, 1.54) is 22.3 Å². The van der Waals surface area contributed by atoms with Crippen LogP contribution in [0, 0.1) is 0 Å². The zero-order valence-electron chi connectivity index (χ0n) is 16.8. The Labute approximate surface area is 182 Å². The quantitative estimate of drug-likeness (QED) is 0.469. The van der Waals surface area contributed by atoms with Gasteiger partial charge < -0.3 is 9.42 Å². The van der Waals surface area contributed by atoms with Crippen LogP contribution in [0.3, 0.4) is 0 Å². The Morgan fingerprint density at radius 3 is 2.68 bits per heavy atom. The maximum absolute atomic E-state index is 13.1. The van der Waals surface area contributed by atoms with Crippen LogP contribution in [0.5, 0.6) is 0 Å². The van der Waals surface area contributed by atoms with E-state index in [1.54, 1.807) is 0 Å². The number of hydrogen-bond acceptors (Lipinski definition) is 9. The van der Waals surface area contributed by atoms with E-state index in [1.807, 2.05) is 46.7 Å². The number of aromatic nitrogens is 6. The summed E-state index contributed by atoms with van der Waals surface area (Å²) < 4.78 is 7.04. The molecule has 11 heteroatoms. The van der Waals surface area contributed by atoms with Crippen molar-refractivity contribution in [1.29, 1.82) is 0 Å². The molecule has 0 saturated carbocycles. The fraction of sp³-hybridized carbons (Fsp3) is 0.300. The fourth-order valence-electron chi connectivity index (χ4n) is 3.64. The Morgan fingerprint density at radius 1 is 1.13 bits per heavy atom. The van der Waals surface area contributed by atoms with Crippen molar-refractivity contribution < 1.29 is 9.32 Å². The Kier molecular flexibility index (Phi) is 5.26. The Morgan fingerprint density at radius 2 is 1.94 bits per heavy atom. The first kappa shape index (κ1) is 19.5. The molecule has 3 aromatic heterocycles. The molecule has 4 heterocycles. The molecule has 0 radical (unpaired) electrons. The molecule has 1 unspecified atom stereocenters. The number of amides is 1. The van der Waals surface area contributed by atoms with Gasteiger partial charge in [-0.1, -0.05) is 35.5 Å². The zero-order chi connectivity index (χ0) is 21.2. The molecular weight excluding hydrogens is 416 g/mol. The van der Waals surface area contributed by atoms with Crippen LogP contribution in [-0.2, 0) is 0 Å². The minimum atomic E-state index is -0.0271. The number of hydrogen-bond donors (Lipinski definition) is 0. The third-order valence-electron chi connectivity index (χ3n) is 5.41. The van der Waals surface area contributed by atoms with Crippen molar-refractivity contribution in [2.45, 2.75) is 13.0 Å². The molecule has 5 rings (SSSR count). The van der Waals surface area contributed by atoms with Crippen molar-refractivity contribution in [3.8, 4) is 17.1 Å². The highest BCUT2D eigenvalue weighted by atomic mass is 32.1. The molecule has 0 aliphatic carbocycles. The Hall–Kier alpha value is -3.44. The van der Waals surface area contributed by atoms with Crippen LogP contribution in [0.15, 0.2) is 52.6 Å². The molecule has 1 saturated heterocycles. The van der Waals surface area contributed by atoms with Crippen molar-refractivity contribution >= 4 is 17.2 Å². The van der Waals surface area contributed by atoms with Gasteiger partial charge >= 0.3 is 0 Å². The lowest BCUT2D eigenvalue weighted by Gasteiger charge is -2.36. The second-order valence-electron chi connectivity index (χ2n) is 7.22. The lowest BCUT2D eigenvalue weighted by molar-refractivity contribution is 0.0556. The maximum atomic E-state index is 13.1. The van der Waals surface area contributed by atoms with Crippen molar-refractivity contribution in [1.82, 2.24) is 40.1 Å². The predicted octanol–water partition coefficient (Wildman–Crippen LogP) is 2.29. The number of piperazine rings is 1. The van der Waals surface area contributed by atoms with Crippen LogP contribution in [0.25, 0.3) is 17.1 Å². The van der Waals surface area contributed by atoms with E-state index in [4.69, 9.17) is 4.52 Å². The van der Waals surface area contributed by atoms with Gasteiger partial charge in [0.05, 0.1) is 11.7 Å². The lowest BCUT2D eigenvalue weighted by atomic mass is 10.2. The lowest BCUT2D eigenvalue weighted by Crippen LogP contribution is -2.49. The molecule has 1 fully saturated rings. The van der Waals surface area contributed by atoms with Crippen molar-refractivity contribution in [3.05, 3.63) is 58.9 Å². The SMILES string of the molecule is CC(c1nc(-c2ccccc2)no1)N1CCN(C(=O)c2sccc2-n2cnnn2)CC1. The highest BCUT2D eigenvalue weighted by Crippen LogP contribution is 2.26. The third-order valence-corrected chi connectivity index (χ3v) is 6.31. The van der Waals surface area contributed by atoms with E-state index in [2.05, 4.69) is 37.5 Å². The highest BCUT2D eigenvalue weighted by Gasteiger charge is 2.29. The van der Waals surface area contributed by atoms with Crippen molar-refractivity contribution in [2.75, 3.05) is 26.2 Å². The van der Waals surface area contributed by atoms with Gasteiger partial charge in [-0.2, -0.15) is 9.67 Å². The molecule has 1 aliphatic heterocycles. The summed E-state index contributed by atoms with van der Waals surface area (Å²) in [6, 6.07) is 11.6. The average Bonchev–Trinajstić information content (AvgIpc) is 3.60. The van der Waals surface area contributed by atoms with Gasteiger partial charge in [0.2, 0.25) is 11.7 Å². The van der Waals surface area contributed by atoms with E-state index in [9.17, 15) is 4.79 Å². The summed E-state index contributed by atoms with van der Waals surface area (Å²) in [4.78, 5) is 22.4. The largest absolute Gasteiger partial charge is 0.337 e. The zero-order valence-corrected chi connectivity index (χ0v) is 17.6. The molecule has 1 aromatic carbocycles. The van der Waals surface area contributed by atoms with Gasteiger partial charge in [0.25, 0.3) is 5.91 Å². The smallest absolute Gasteiger partial charge is 0.266 e. The van der Waals surface area contributed by atoms with E-state index in [-0.39, 0.29) is 11.9 Å².